The van der Waals surface area contributed by atoms with Gasteiger partial charge in [-0.1, -0.05) is 0 Å². The predicted molar refractivity (Wildman–Crippen MR) is 57.6 cm³/mol. The average Bonchev–Trinajstić information content (AvgIpc) is 2.30. The van der Waals surface area contributed by atoms with Gasteiger partial charge in [-0.25, -0.2) is 19.9 Å². The zero-order chi connectivity index (χ0) is 11.4. The summed E-state index contributed by atoms with van der Waals surface area (Å²) in [5, 5.41) is 9.93. The molecule has 2 aromatic heterocycles. The molecule has 0 bridgehead atoms. The van der Waals surface area contributed by atoms with E-state index in [9.17, 15) is 0 Å². The summed E-state index contributed by atoms with van der Waals surface area (Å²) in [6.07, 6.45) is 4.70. The third-order valence-electron chi connectivity index (χ3n) is 1.73. The molecular formula is C10H7N5S. The molecular weight excluding hydrogens is 222 g/mol. The maximum Gasteiger partial charge on any atom is 0.194 e. The molecule has 0 aromatic carbocycles. The zero-order valence-electron chi connectivity index (χ0n) is 8.45. The molecule has 16 heavy (non-hydrogen) atoms. The van der Waals surface area contributed by atoms with Crippen LogP contribution in [0.3, 0.4) is 0 Å². The Kier molecular flexibility index (Phi) is 3.08. The molecule has 2 heterocycles. The molecule has 0 aliphatic carbocycles. The van der Waals surface area contributed by atoms with E-state index in [0.717, 1.165) is 5.69 Å². The van der Waals surface area contributed by atoms with Gasteiger partial charge in [-0.3, -0.25) is 0 Å². The zero-order valence-corrected chi connectivity index (χ0v) is 9.27. The first-order valence-electron chi connectivity index (χ1n) is 4.48. The minimum atomic E-state index is 0.289. The van der Waals surface area contributed by atoms with Crippen LogP contribution in [-0.4, -0.2) is 19.9 Å². The lowest BCUT2D eigenvalue weighted by molar-refractivity contribution is 0.922. The topological polar surface area (TPSA) is 75.3 Å². The van der Waals surface area contributed by atoms with E-state index in [4.69, 9.17) is 5.26 Å². The highest BCUT2D eigenvalue weighted by atomic mass is 32.2. The number of nitrogens with zero attached hydrogens (tertiary/aromatic N) is 5. The molecule has 0 aliphatic rings. The fraction of sp³-hybridized carbons (Fsp3) is 0.100. The van der Waals surface area contributed by atoms with Crippen LogP contribution < -0.4 is 0 Å². The van der Waals surface area contributed by atoms with Crippen LogP contribution >= 0.6 is 11.8 Å². The van der Waals surface area contributed by atoms with Gasteiger partial charge in [-0.15, -0.1) is 0 Å². The van der Waals surface area contributed by atoms with E-state index in [0.29, 0.717) is 10.2 Å². The van der Waals surface area contributed by atoms with Crippen molar-refractivity contribution in [2.24, 2.45) is 0 Å². The third-order valence-corrected chi connectivity index (χ3v) is 2.60. The highest BCUT2D eigenvalue weighted by molar-refractivity contribution is 7.99. The highest BCUT2D eigenvalue weighted by Crippen LogP contribution is 2.23. The normalized spacial score (nSPS) is 9.75. The first-order valence-corrected chi connectivity index (χ1v) is 5.30. The summed E-state index contributed by atoms with van der Waals surface area (Å²) in [6.45, 7) is 1.88. The van der Waals surface area contributed by atoms with Gasteiger partial charge in [-0.05, 0) is 24.8 Å². The summed E-state index contributed by atoms with van der Waals surface area (Å²) in [5.74, 6) is 0. The van der Waals surface area contributed by atoms with Gasteiger partial charge >= 0.3 is 0 Å². The summed E-state index contributed by atoms with van der Waals surface area (Å²) in [4.78, 5) is 16.3. The van der Waals surface area contributed by atoms with Crippen LogP contribution in [0.2, 0.25) is 0 Å². The number of hydrogen-bond acceptors (Lipinski definition) is 6. The van der Waals surface area contributed by atoms with Crippen molar-refractivity contribution in [2.75, 3.05) is 0 Å². The van der Waals surface area contributed by atoms with E-state index in [1.165, 1.54) is 18.0 Å². The summed E-state index contributed by atoms with van der Waals surface area (Å²) < 4.78 is 0. The largest absolute Gasteiger partial charge is 0.245 e. The SMILES string of the molecule is Cc1ccnc(Sc2nccnc2C#N)n1. The van der Waals surface area contributed by atoms with E-state index in [1.807, 2.05) is 19.1 Å². The molecule has 0 saturated carbocycles. The average molecular weight is 229 g/mol. The number of aryl methyl sites for hydroxylation is 1. The Morgan fingerprint density at radius 2 is 2.00 bits per heavy atom. The molecule has 0 N–H and O–H groups in total. The van der Waals surface area contributed by atoms with Gasteiger partial charge in [0.05, 0.1) is 0 Å². The number of nitriles is 1. The molecule has 2 aromatic rings. The van der Waals surface area contributed by atoms with Crippen LogP contribution in [0.15, 0.2) is 34.8 Å². The molecule has 0 saturated heterocycles. The van der Waals surface area contributed by atoms with Gasteiger partial charge in [0.25, 0.3) is 0 Å². The van der Waals surface area contributed by atoms with Crippen LogP contribution in [0.5, 0.6) is 0 Å². The van der Waals surface area contributed by atoms with Crippen molar-refractivity contribution < 1.29 is 0 Å². The predicted octanol–water partition coefficient (Wildman–Crippen LogP) is 1.60. The molecule has 5 nitrogen and oxygen atoms in total. The fourth-order valence-electron chi connectivity index (χ4n) is 1.04. The van der Waals surface area contributed by atoms with Crippen molar-refractivity contribution in [2.45, 2.75) is 17.1 Å². The van der Waals surface area contributed by atoms with Gasteiger partial charge in [0, 0.05) is 24.3 Å². The summed E-state index contributed by atoms with van der Waals surface area (Å²) in [7, 11) is 0. The monoisotopic (exact) mass is 229 g/mol. The van der Waals surface area contributed by atoms with Gasteiger partial charge in [0.1, 0.15) is 11.1 Å². The van der Waals surface area contributed by atoms with Crippen molar-refractivity contribution in [3.05, 3.63) is 36.0 Å². The molecule has 0 atom stereocenters. The molecule has 0 spiro atoms. The van der Waals surface area contributed by atoms with Crippen LogP contribution in [0.4, 0.5) is 0 Å². The summed E-state index contributed by atoms with van der Waals surface area (Å²) in [5.41, 5.74) is 1.16. The van der Waals surface area contributed by atoms with Crippen LogP contribution in [0, 0.1) is 18.3 Å². The van der Waals surface area contributed by atoms with E-state index in [-0.39, 0.29) is 5.69 Å². The Morgan fingerprint density at radius 1 is 1.19 bits per heavy atom. The first-order chi connectivity index (χ1) is 7.79. The smallest absolute Gasteiger partial charge is 0.194 e. The van der Waals surface area contributed by atoms with Crippen molar-refractivity contribution in [1.82, 2.24) is 19.9 Å². The molecule has 2 rings (SSSR count). The quantitative estimate of drug-likeness (QED) is 0.728. The second-order valence-corrected chi connectivity index (χ2v) is 3.86. The Bertz CT molecular complexity index is 549. The molecule has 0 radical (unpaired) electrons. The van der Waals surface area contributed by atoms with Gasteiger partial charge < -0.3 is 0 Å². The number of aromatic nitrogens is 4. The molecule has 0 unspecified atom stereocenters. The molecule has 6 heteroatoms. The van der Waals surface area contributed by atoms with E-state index in [2.05, 4.69) is 19.9 Å². The maximum absolute atomic E-state index is 8.84. The molecule has 0 fully saturated rings. The van der Waals surface area contributed by atoms with Crippen molar-refractivity contribution in [1.29, 1.82) is 5.26 Å². The van der Waals surface area contributed by atoms with Gasteiger partial charge in [0.15, 0.2) is 10.9 Å². The number of hydrogen-bond donors (Lipinski definition) is 0. The fourth-order valence-corrected chi connectivity index (χ4v) is 1.82. The van der Waals surface area contributed by atoms with Crippen LogP contribution in [-0.2, 0) is 0 Å². The third kappa shape index (κ3) is 2.32. The maximum atomic E-state index is 8.84. The Hall–Kier alpha value is -2.00. The van der Waals surface area contributed by atoms with E-state index >= 15 is 0 Å². The van der Waals surface area contributed by atoms with E-state index in [1.54, 1.807) is 12.4 Å². The Balaban J connectivity index is 2.31. The molecule has 78 valence electrons. The molecule has 0 aliphatic heterocycles. The van der Waals surface area contributed by atoms with Crippen LogP contribution in [0.25, 0.3) is 0 Å². The lowest BCUT2D eigenvalue weighted by atomic mass is 10.5. The van der Waals surface area contributed by atoms with E-state index < -0.39 is 0 Å². The van der Waals surface area contributed by atoms with Crippen molar-refractivity contribution >= 4 is 11.8 Å². The van der Waals surface area contributed by atoms with Crippen molar-refractivity contribution in [3.63, 3.8) is 0 Å². The van der Waals surface area contributed by atoms with Crippen LogP contribution in [0.1, 0.15) is 11.4 Å². The summed E-state index contributed by atoms with van der Waals surface area (Å²) >= 11 is 1.23. The highest BCUT2D eigenvalue weighted by Gasteiger charge is 2.08. The lowest BCUT2D eigenvalue weighted by Crippen LogP contribution is -1.93. The lowest BCUT2D eigenvalue weighted by Gasteiger charge is -2.00. The second-order valence-electron chi connectivity index (χ2n) is 2.90. The van der Waals surface area contributed by atoms with Gasteiger partial charge in [0.2, 0.25) is 0 Å². The minimum absolute atomic E-state index is 0.289. The van der Waals surface area contributed by atoms with Crippen molar-refractivity contribution in [3.8, 4) is 6.07 Å². The number of rotatable bonds is 2. The van der Waals surface area contributed by atoms with Gasteiger partial charge in [-0.2, -0.15) is 5.26 Å². The Labute approximate surface area is 96.6 Å². The summed E-state index contributed by atoms with van der Waals surface area (Å²) in [6, 6.07) is 3.79. The standard InChI is InChI=1S/C10H7N5S/c1-7-2-3-14-10(15-7)16-9-8(6-11)12-4-5-13-9/h2-5H,1H3. The Morgan fingerprint density at radius 3 is 2.75 bits per heavy atom. The minimum Gasteiger partial charge on any atom is -0.245 e. The second kappa shape index (κ2) is 4.68. The first kappa shape index (κ1) is 10.5. The molecule has 0 amide bonds.